The van der Waals surface area contributed by atoms with Crippen LogP contribution in [-0.4, -0.2) is 48.6 Å². The number of guanidine groups is 1. The van der Waals surface area contributed by atoms with Crippen LogP contribution in [-0.2, 0) is 6.54 Å². The van der Waals surface area contributed by atoms with Crippen molar-refractivity contribution in [2.75, 3.05) is 37.6 Å². The van der Waals surface area contributed by atoms with Crippen LogP contribution < -0.4 is 10.2 Å². The Morgan fingerprint density at radius 2 is 2.00 bits per heavy atom. The highest BCUT2D eigenvalue weighted by molar-refractivity contribution is 6.30. The lowest BCUT2D eigenvalue weighted by molar-refractivity contribution is 0.371. The van der Waals surface area contributed by atoms with Crippen LogP contribution in [0.25, 0.3) is 0 Å². The Bertz CT molecular complexity index is 696. The second kappa shape index (κ2) is 8.72. The number of benzene rings is 1. The number of hydrogen-bond acceptors (Lipinski definition) is 3. The molecule has 0 spiro atoms. The fourth-order valence-electron chi connectivity index (χ4n) is 2.92. The van der Waals surface area contributed by atoms with Gasteiger partial charge in [-0.05, 0) is 36.8 Å². The number of nitrogens with zero attached hydrogens (tertiary/aromatic N) is 4. The highest BCUT2D eigenvalue weighted by atomic mass is 35.5. The van der Waals surface area contributed by atoms with Crippen molar-refractivity contribution in [2.24, 2.45) is 4.99 Å². The van der Waals surface area contributed by atoms with E-state index in [1.165, 1.54) is 0 Å². The molecular weight excluding hydrogens is 334 g/mol. The monoisotopic (exact) mass is 357 g/mol. The van der Waals surface area contributed by atoms with Crippen molar-refractivity contribution in [1.82, 2.24) is 15.2 Å². The number of rotatable bonds is 4. The number of aliphatic imine (C=N–C) groups is 1. The lowest BCUT2D eigenvalue weighted by Gasteiger charge is -2.37. The van der Waals surface area contributed by atoms with E-state index in [2.05, 4.69) is 39.2 Å². The van der Waals surface area contributed by atoms with Crippen LogP contribution in [0.4, 0.5) is 5.82 Å². The molecule has 0 amide bonds. The summed E-state index contributed by atoms with van der Waals surface area (Å²) in [5.74, 6) is 2.01. The van der Waals surface area contributed by atoms with Crippen molar-refractivity contribution in [3.8, 4) is 0 Å². The van der Waals surface area contributed by atoms with Crippen molar-refractivity contribution in [2.45, 2.75) is 13.5 Å². The van der Waals surface area contributed by atoms with Gasteiger partial charge in [-0.1, -0.05) is 29.8 Å². The maximum Gasteiger partial charge on any atom is 0.194 e. The van der Waals surface area contributed by atoms with Gasteiger partial charge < -0.3 is 15.1 Å². The van der Waals surface area contributed by atoms with Crippen LogP contribution in [0, 0.1) is 0 Å². The Morgan fingerprint density at radius 1 is 1.16 bits per heavy atom. The number of piperazine rings is 1. The first-order valence-electron chi connectivity index (χ1n) is 8.70. The molecule has 1 saturated heterocycles. The zero-order valence-electron chi connectivity index (χ0n) is 14.5. The minimum Gasteiger partial charge on any atom is -0.357 e. The number of anilines is 1. The van der Waals surface area contributed by atoms with Crippen LogP contribution in [0.3, 0.4) is 0 Å². The molecule has 132 valence electrons. The predicted molar refractivity (Wildman–Crippen MR) is 104 cm³/mol. The van der Waals surface area contributed by atoms with Gasteiger partial charge >= 0.3 is 0 Å². The second-order valence-corrected chi connectivity index (χ2v) is 6.40. The van der Waals surface area contributed by atoms with E-state index in [4.69, 9.17) is 16.6 Å². The van der Waals surface area contributed by atoms with Crippen molar-refractivity contribution < 1.29 is 0 Å². The maximum atomic E-state index is 6.06. The molecule has 1 fully saturated rings. The second-order valence-electron chi connectivity index (χ2n) is 5.96. The SMILES string of the molecule is CCNC(=NCc1cccc(Cl)c1)N1CCN(c2ccccn2)CC1. The summed E-state index contributed by atoms with van der Waals surface area (Å²) in [7, 11) is 0. The van der Waals surface area contributed by atoms with Crippen molar-refractivity contribution in [3.05, 3.63) is 59.2 Å². The van der Waals surface area contributed by atoms with Crippen molar-refractivity contribution in [1.29, 1.82) is 0 Å². The summed E-state index contributed by atoms with van der Waals surface area (Å²) in [6.45, 7) is 7.32. The Balaban J connectivity index is 1.62. The molecule has 0 unspecified atom stereocenters. The molecule has 1 aromatic carbocycles. The normalized spacial score (nSPS) is 15.4. The average Bonchev–Trinajstić information content (AvgIpc) is 2.66. The molecule has 1 N–H and O–H groups in total. The van der Waals surface area contributed by atoms with E-state index in [1.54, 1.807) is 0 Å². The molecule has 5 nitrogen and oxygen atoms in total. The fourth-order valence-corrected chi connectivity index (χ4v) is 3.13. The summed E-state index contributed by atoms with van der Waals surface area (Å²) in [6.07, 6.45) is 1.85. The summed E-state index contributed by atoms with van der Waals surface area (Å²) < 4.78 is 0. The van der Waals surface area contributed by atoms with E-state index in [1.807, 2.05) is 36.5 Å². The quantitative estimate of drug-likeness (QED) is 0.674. The molecule has 3 rings (SSSR count). The number of nitrogens with one attached hydrogen (secondary N) is 1. The molecule has 0 saturated carbocycles. The standard InChI is InChI=1S/C19H24ClN5/c1-2-21-19(23-15-16-6-5-7-17(20)14-16)25-12-10-24(11-13-25)18-8-3-4-9-22-18/h3-9,14H,2,10-13,15H2,1H3,(H,21,23). The smallest absolute Gasteiger partial charge is 0.194 e. The van der Waals surface area contributed by atoms with Crippen molar-refractivity contribution in [3.63, 3.8) is 0 Å². The van der Waals surface area contributed by atoms with Crippen LogP contribution >= 0.6 is 11.6 Å². The molecule has 6 heteroatoms. The zero-order chi connectivity index (χ0) is 17.5. The minimum atomic E-state index is 0.628. The molecule has 0 aliphatic carbocycles. The third kappa shape index (κ3) is 4.86. The van der Waals surface area contributed by atoms with Crippen LogP contribution in [0.5, 0.6) is 0 Å². The molecule has 1 aromatic heterocycles. The Morgan fingerprint density at radius 3 is 2.68 bits per heavy atom. The fraction of sp³-hybridized carbons (Fsp3) is 0.368. The van der Waals surface area contributed by atoms with Gasteiger partial charge in [0.15, 0.2) is 5.96 Å². The Hall–Kier alpha value is -2.27. The van der Waals surface area contributed by atoms with E-state index >= 15 is 0 Å². The summed E-state index contributed by atoms with van der Waals surface area (Å²) in [5, 5.41) is 4.15. The minimum absolute atomic E-state index is 0.628. The predicted octanol–water partition coefficient (Wildman–Crippen LogP) is 3.02. The molecule has 0 bridgehead atoms. The van der Waals surface area contributed by atoms with Crippen LogP contribution in [0.1, 0.15) is 12.5 Å². The van der Waals surface area contributed by atoms with E-state index in [-0.39, 0.29) is 0 Å². The molecule has 2 aromatic rings. The summed E-state index contributed by atoms with van der Waals surface area (Å²) >= 11 is 6.06. The molecule has 0 radical (unpaired) electrons. The first kappa shape index (κ1) is 17.5. The van der Waals surface area contributed by atoms with E-state index in [0.29, 0.717) is 6.54 Å². The lowest BCUT2D eigenvalue weighted by Crippen LogP contribution is -2.52. The van der Waals surface area contributed by atoms with Gasteiger partial charge in [0.2, 0.25) is 0 Å². The molecule has 1 aliphatic rings. The third-order valence-corrected chi connectivity index (χ3v) is 4.42. The molecule has 25 heavy (non-hydrogen) atoms. The number of pyridine rings is 1. The molecule has 0 atom stereocenters. The van der Waals surface area contributed by atoms with Crippen LogP contribution in [0.15, 0.2) is 53.7 Å². The first-order chi connectivity index (χ1) is 12.3. The van der Waals surface area contributed by atoms with E-state index < -0.39 is 0 Å². The Kier molecular flexibility index (Phi) is 6.12. The lowest BCUT2D eigenvalue weighted by atomic mass is 10.2. The van der Waals surface area contributed by atoms with E-state index in [0.717, 1.165) is 55.1 Å². The number of halogens is 1. The van der Waals surface area contributed by atoms with Gasteiger partial charge in [-0.2, -0.15) is 0 Å². The maximum absolute atomic E-state index is 6.06. The van der Waals surface area contributed by atoms with Gasteiger partial charge in [0.05, 0.1) is 6.54 Å². The molecule has 2 heterocycles. The van der Waals surface area contributed by atoms with Gasteiger partial charge in [-0.3, -0.25) is 0 Å². The summed E-state index contributed by atoms with van der Waals surface area (Å²) in [5.41, 5.74) is 1.12. The molecular formula is C19H24ClN5. The number of hydrogen-bond donors (Lipinski definition) is 1. The van der Waals surface area contributed by atoms with Crippen molar-refractivity contribution >= 4 is 23.4 Å². The summed E-state index contributed by atoms with van der Waals surface area (Å²) in [6, 6.07) is 13.9. The van der Waals surface area contributed by atoms with Gasteiger partial charge in [0.1, 0.15) is 5.82 Å². The highest BCUT2D eigenvalue weighted by Crippen LogP contribution is 2.14. The third-order valence-electron chi connectivity index (χ3n) is 4.19. The average molecular weight is 358 g/mol. The largest absolute Gasteiger partial charge is 0.357 e. The van der Waals surface area contributed by atoms with Gasteiger partial charge in [0, 0.05) is 43.9 Å². The van der Waals surface area contributed by atoms with Gasteiger partial charge in [0.25, 0.3) is 0 Å². The first-order valence-corrected chi connectivity index (χ1v) is 9.07. The summed E-state index contributed by atoms with van der Waals surface area (Å²) in [4.78, 5) is 13.9. The van der Waals surface area contributed by atoms with E-state index in [9.17, 15) is 0 Å². The topological polar surface area (TPSA) is 43.8 Å². The zero-order valence-corrected chi connectivity index (χ0v) is 15.3. The highest BCUT2D eigenvalue weighted by Gasteiger charge is 2.20. The van der Waals surface area contributed by atoms with Crippen LogP contribution in [0.2, 0.25) is 5.02 Å². The van der Waals surface area contributed by atoms with Gasteiger partial charge in [-0.25, -0.2) is 9.98 Å². The molecule has 1 aliphatic heterocycles. The number of aromatic nitrogens is 1. The Labute approximate surface area is 154 Å². The van der Waals surface area contributed by atoms with Gasteiger partial charge in [-0.15, -0.1) is 0 Å².